The standard InChI is InChI=1S/C15H25N3/c1-12(2)18-9-5-6-13(11-18)15-8-7-14(10-16-15)17(3)4/h7-8,10,12-13H,5-6,9,11H2,1-4H3. The van der Waals surface area contributed by atoms with Crippen LogP contribution in [0.4, 0.5) is 5.69 Å². The molecule has 3 nitrogen and oxygen atoms in total. The van der Waals surface area contributed by atoms with Gasteiger partial charge in [0, 0.05) is 38.3 Å². The molecule has 0 radical (unpaired) electrons. The van der Waals surface area contributed by atoms with Gasteiger partial charge in [0.2, 0.25) is 0 Å². The Balaban J connectivity index is 2.06. The van der Waals surface area contributed by atoms with E-state index in [2.05, 4.69) is 54.9 Å². The van der Waals surface area contributed by atoms with Crippen LogP contribution in [-0.4, -0.2) is 43.1 Å². The summed E-state index contributed by atoms with van der Waals surface area (Å²) in [7, 11) is 4.11. The van der Waals surface area contributed by atoms with Crippen LogP contribution >= 0.6 is 0 Å². The van der Waals surface area contributed by atoms with Crippen LogP contribution in [0.3, 0.4) is 0 Å². The van der Waals surface area contributed by atoms with Crippen LogP contribution in [0.25, 0.3) is 0 Å². The highest BCUT2D eigenvalue weighted by Crippen LogP contribution is 2.27. The Morgan fingerprint density at radius 2 is 2.11 bits per heavy atom. The molecule has 1 aliphatic rings. The van der Waals surface area contributed by atoms with Crippen LogP contribution in [0.5, 0.6) is 0 Å². The fourth-order valence-electron chi connectivity index (χ4n) is 2.62. The fourth-order valence-corrected chi connectivity index (χ4v) is 2.62. The Morgan fingerprint density at radius 1 is 1.33 bits per heavy atom. The number of anilines is 1. The van der Waals surface area contributed by atoms with Crippen LogP contribution in [0.2, 0.25) is 0 Å². The summed E-state index contributed by atoms with van der Waals surface area (Å²) in [4.78, 5) is 9.31. The molecule has 1 atom stereocenters. The molecule has 1 aromatic heterocycles. The Morgan fingerprint density at radius 3 is 2.67 bits per heavy atom. The quantitative estimate of drug-likeness (QED) is 0.818. The van der Waals surface area contributed by atoms with E-state index >= 15 is 0 Å². The summed E-state index contributed by atoms with van der Waals surface area (Å²) in [5.41, 5.74) is 2.43. The molecular formula is C15H25N3. The second-order valence-electron chi connectivity index (χ2n) is 5.76. The first-order valence-electron chi connectivity index (χ1n) is 6.95. The third kappa shape index (κ3) is 3.02. The van der Waals surface area contributed by atoms with E-state index in [0.717, 1.165) is 6.54 Å². The van der Waals surface area contributed by atoms with Gasteiger partial charge in [-0.05, 0) is 45.4 Å². The van der Waals surface area contributed by atoms with Crippen molar-refractivity contribution in [1.82, 2.24) is 9.88 Å². The predicted molar refractivity (Wildman–Crippen MR) is 77.2 cm³/mol. The van der Waals surface area contributed by atoms with Crippen LogP contribution in [-0.2, 0) is 0 Å². The summed E-state index contributed by atoms with van der Waals surface area (Å²) in [6.07, 6.45) is 4.56. The molecule has 2 rings (SSSR count). The molecule has 2 heterocycles. The highest BCUT2D eigenvalue weighted by atomic mass is 15.2. The number of nitrogens with zero attached hydrogens (tertiary/aromatic N) is 3. The van der Waals surface area contributed by atoms with E-state index in [4.69, 9.17) is 0 Å². The number of pyridine rings is 1. The zero-order valence-corrected chi connectivity index (χ0v) is 12.1. The van der Waals surface area contributed by atoms with Gasteiger partial charge >= 0.3 is 0 Å². The van der Waals surface area contributed by atoms with Crippen molar-refractivity contribution in [1.29, 1.82) is 0 Å². The third-order valence-corrected chi connectivity index (χ3v) is 3.89. The molecule has 18 heavy (non-hydrogen) atoms. The van der Waals surface area contributed by atoms with Gasteiger partial charge < -0.3 is 9.80 Å². The minimum atomic E-state index is 0.609. The van der Waals surface area contributed by atoms with Gasteiger partial charge in [0.1, 0.15) is 0 Å². The molecule has 1 aromatic rings. The lowest BCUT2D eigenvalue weighted by molar-refractivity contribution is 0.166. The predicted octanol–water partition coefficient (Wildman–Crippen LogP) is 2.74. The Kier molecular flexibility index (Phi) is 4.23. The average molecular weight is 247 g/mol. The maximum atomic E-state index is 4.65. The van der Waals surface area contributed by atoms with Crippen molar-refractivity contribution in [2.24, 2.45) is 0 Å². The molecular weight excluding hydrogens is 222 g/mol. The first-order valence-corrected chi connectivity index (χ1v) is 6.95. The van der Waals surface area contributed by atoms with Crippen LogP contribution in [0.1, 0.15) is 38.3 Å². The highest BCUT2D eigenvalue weighted by molar-refractivity contribution is 5.42. The monoisotopic (exact) mass is 247 g/mol. The first kappa shape index (κ1) is 13.3. The molecule has 0 aliphatic carbocycles. The number of hydrogen-bond donors (Lipinski definition) is 0. The first-order chi connectivity index (χ1) is 8.58. The lowest BCUT2D eigenvalue weighted by Gasteiger charge is -2.35. The molecule has 0 aromatic carbocycles. The molecule has 0 amide bonds. The molecule has 0 saturated carbocycles. The number of hydrogen-bond acceptors (Lipinski definition) is 3. The largest absolute Gasteiger partial charge is 0.376 e. The summed E-state index contributed by atoms with van der Waals surface area (Å²) < 4.78 is 0. The molecule has 0 N–H and O–H groups in total. The van der Waals surface area contributed by atoms with E-state index in [-0.39, 0.29) is 0 Å². The van der Waals surface area contributed by atoms with Crippen molar-refractivity contribution in [3.63, 3.8) is 0 Å². The topological polar surface area (TPSA) is 19.4 Å². The highest BCUT2D eigenvalue weighted by Gasteiger charge is 2.23. The maximum Gasteiger partial charge on any atom is 0.0547 e. The summed E-state index contributed by atoms with van der Waals surface area (Å²) in [6.45, 7) is 6.96. The van der Waals surface area contributed by atoms with Crippen molar-refractivity contribution < 1.29 is 0 Å². The third-order valence-electron chi connectivity index (χ3n) is 3.89. The summed E-state index contributed by atoms with van der Waals surface area (Å²) in [5.74, 6) is 0.609. The lowest BCUT2D eigenvalue weighted by atomic mass is 9.93. The second-order valence-corrected chi connectivity index (χ2v) is 5.76. The number of likely N-dealkylation sites (tertiary alicyclic amines) is 1. The molecule has 0 spiro atoms. The van der Waals surface area contributed by atoms with E-state index in [1.54, 1.807) is 0 Å². The Labute approximate surface area is 111 Å². The molecule has 1 fully saturated rings. The van der Waals surface area contributed by atoms with Gasteiger partial charge in [0.05, 0.1) is 11.9 Å². The van der Waals surface area contributed by atoms with Crippen molar-refractivity contribution >= 4 is 5.69 Å². The summed E-state index contributed by atoms with van der Waals surface area (Å²) in [6, 6.07) is 5.02. The summed E-state index contributed by atoms with van der Waals surface area (Å²) in [5, 5.41) is 0. The lowest BCUT2D eigenvalue weighted by Crippen LogP contribution is -2.39. The molecule has 100 valence electrons. The smallest absolute Gasteiger partial charge is 0.0547 e. The normalized spacial score (nSPS) is 21.3. The van der Waals surface area contributed by atoms with Gasteiger partial charge in [-0.15, -0.1) is 0 Å². The van der Waals surface area contributed by atoms with Gasteiger partial charge in [0.25, 0.3) is 0 Å². The second kappa shape index (κ2) is 5.70. The summed E-state index contributed by atoms with van der Waals surface area (Å²) >= 11 is 0. The Bertz CT molecular complexity index is 370. The van der Waals surface area contributed by atoms with Gasteiger partial charge in [-0.3, -0.25) is 4.98 Å². The SMILES string of the molecule is CC(C)N1CCCC(c2ccc(N(C)C)cn2)C1. The molecule has 0 bridgehead atoms. The zero-order chi connectivity index (χ0) is 13.1. The Hall–Kier alpha value is -1.09. The van der Waals surface area contributed by atoms with E-state index in [9.17, 15) is 0 Å². The van der Waals surface area contributed by atoms with E-state index in [0.29, 0.717) is 12.0 Å². The molecule has 1 saturated heterocycles. The molecule has 1 unspecified atom stereocenters. The van der Waals surface area contributed by atoms with Crippen molar-refractivity contribution in [2.75, 3.05) is 32.1 Å². The van der Waals surface area contributed by atoms with Crippen LogP contribution < -0.4 is 4.90 Å². The number of aromatic nitrogens is 1. The van der Waals surface area contributed by atoms with E-state index in [1.165, 1.54) is 30.8 Å². The average Bonchev–Trinajstić information content (AvgIpc) is 2.39. The van der Waals surface area contributed by atoms with Crippen LogP contribution in [0, 0.1) is 0 Å². The van der Waals surface area contributed by atoms with E-state index in [1.807, 2.05) is 6.20 Å². The van der Waals surface area contributed by atoms with E-state index < -0.39 is 0 Å². The van der Waals surface area contributed by atoms with Gasteiger partial charge in [-0.2, -0.15) is 0 Å². The van der Waals surface area contributed by atoms with Crippen molar-refractivity contribution in [3.05, 3.63) is 24.0 Å². The zero-order valence-electron chi connectivity index (χ0n) is 12.1. The molecule has 1 aliphatic heterocycles. The van der Waals surface area contributed by atoms with Crippen molar-refractivity contribution in [3.8, 4) is 0 Å². The minimum Gasteiger partial charge on any atom is -0.376 e. The number of rotatable bonds is 3. The van der Waals surface area contributed by atoms with Crippen molar-refractivity contribution in [2.45, 2.75) is 38.6 Å². The molecule has 3 heteroatoms. The number of piperidine rings is 1. The maximum absolute atomic E-state index is 4.65. The van der Waals surface area contributed by atoms with Gasteiger partial charge in [-0.25, -0.2) is 0 Å². The van der Waals surface area contributed by atoms with Crippen LogP contribution in [0.15, 0.2) is 18.3 Å². The van der Waals surface area contributed by atoms with Gasteiger partial charge in [-0.1, -0.05) is 0 Å². The fraction of sp³-hybridized carbons (Fsp3) is 0.667. The minimum absolute atomic E-state index is 0.609. The van der Waals surface area contributed by atoms with Gasteiger partial charge in [0.15, 0.2) is 0 Å².